The number of thiocarbonyl (C=S) groups is 1. The van der Waals surface area contributed by atoms with Gasteiger partial charge in [-0.2, -0.15) is 10.2 Å². The maximum Gasteiger partial charge on any atom is 0.270 e. The average molecular weight is 372 g/mol. The highest BCUT2D eigenvalue weighted by Gasteiger charge is 2.04. The summed E-state index contributed by atoms with van der Waals surface area (Å²) in [5.41, 5.74) is 5.94. The molecule has 0 aromatic heterocycles. The van der Waals surface area contributed by atoms with Crippen molar-refractivity contribution in [2.24, 2.45) is 10.2 Å². The first-order valence-corrected chi connectivity index (χ1v) is 7.47. The summed E-state index contributed by atoms with van der Waals surface area (Å²) in [6.07, 6.45) is 2.73. The third kappa shape index (κ3) is 5.72. The Balaban J connectivity index is 1.87. The van der Waals surface area contributed by atoms with Crippen LogP contribution in [-0.4, -0.2) is 27.4 Å². The first kappa shape index (κ1) is 18.6. The van der Waals surface area contributed by atoms with Crippen LogP contribution < -0.4 is 10.9 Å². The molecule has 0 amide bonds. The van der Waals surface area contributed by atoms with Gasteiger partial charge in [0.1, 0.15) is 0 Å². The molecule has 0 aliphatic rings. The number of nitrogens with one attached hydrogen (secondary N) is 2. The van der Waals surface area contributed by atoms with Crippen molar-refractivity contribution in [3.8, 4) is 0 Å². The second-order valence-electron chi connectivity index (χ2n) is 4.77. The predicted octanol–water partition coefficient (Wildman–Crippen LogP) is 2.34. The number of non-ortho nitro benzene ring substituents is 2. The number of hydrogen-bond donors (Lipinski definition) is 2. The van der Waals surface area contributed by atoms with Gasteiger partial charge in [-0.15, -0.1) is 0 Å². The molecule has 0 spiro atoms. The van der Waals surface area contributed by atoms with Gasteiger partial charge in [0.05, 0.1) is 22.3 Å². The van der Waals surface area contributed by atoms with E-state index in [1.165, 1.54) is 36.7 Å². The van der Waals surface area contributed by atoms with Crippen LogP contribution in [-0.2, 0) is 0 Å². The van der Waals surface area contributed by atoms with E-state index in [0.717, 1.165) is 0 Å². The highest BCUT2D eigenvalue weighted by atomic mass is 32.1. The van der Waals surface area contributed by atoms with E-state index < -0.39 is 9.85 Å². The molecule has 0 bridgehead atoms. The molecule has 2 rings (SSSR count). The fraction of sp³-hybridized carbons (Fsp3) is 0. The summed E-state index contributed by atoms with van der Waals surface area (Å²) in [5, 5.41) is 29.1. The van der Waals surface area contributed by atoms with Crippen molar-refractivity contribution >= 4 is 41.1 Å². The van der Waals surface area contributed by atoms with Crippen LogP contribution in [0.2, 0.25) is 0 Å². The number of nitrogens with zero attached hydrogens (tertiary/aromatic N) is 4. The molecule has 2 aromatic rings. The van der Waals surface area contributed by atoms with Gasteiger partial charge >= 0.3 is 0 Å². The number of hydrogen-bond acceptors (Lipinski definition) is 7. The zero-order chi connectivity index (χ0) is 18.9. The van der Waals surface area contributed by atoms with E-state index in [0.29, 0.717) is 11.1 Å². The lowest BCUT2D eigenvalue weighted by molar-refractivity contribution is -0.385. The van der Waals surface area contributed by atoms with Gasteiger partial charge in [-0.1, -0.05) is 24.3 Å². The van der Waals surface area contributed by atoms with Gasteiger partial charge in [0.15, 0.2) is 0 Å². The maximum absolute atomic E-state index is 10.7. The molecule has 0 saturated carbocycles. The monoisotopic (exact) mass is 372 g/mol. The van der Waals surface area contributed by atoms with Crippen molar-refractivity contribution < 1.29 is 9.85 Å². The summed E-state index contributed by atoms with van der Waals surface area (Å²) in [7, 11) is 0. The lowest BCUT2D eigenvalue weighted by atomic mass is 10.2. The molecule has 0 radical (unpaired) electrons. The van der Waals surface area contributed by atoms with E-state index in [2.05, 4.69) is 21.1 Å². The van der Waals surface area contributed by atoms with E-state index >= 15 is 0 Å². The number of hydrazone groups is 2. The quantitative estimate of drug-likeness (QED) is 0.344. The van der Waals surface area contributed by atoms with Crippen LogP contribution in [0.5, 0.6) is 0 Å². The molecular weight excluding hydrogens is 360 g/mol. The van der Waals surface area contributed by atoms with Crippen LogP contribution in [0, 0.1) is 20.2 Å². The molecule has 0 atom stereocenters. The number of nitro groups is 2. The first-order valence-electron chi connectivity index (χ1n) is 7.07. The molecule has 132 valence electrons. The molecule has 10 nitrogen and oxygen atoms in total. The topological polar surface area (TPSA) is 135 Å². The highest BCUT2D eigenvalue weighted by molar-refractivity contribution is 7.80. The Morgan fingerprint density at radius 1 is 0.885 bits per heavy atom. The van der Waals surface area contributed by atoms with Gasteiger partial charge in [-0.25, -0.2) is 0 Å². The Morgan fingerprint density at radius 2 is 1.31 bits per heavy atom. The summed E-state index contributed by atoms with van der Waals surface area (Å²) >= 11 is 4.95. The number of benzene rings is 2. The maximum atomic E-state index is 10.7. The van der Waals surface area contributed by atoms with Crippen LogP contribution in [0.1, 0.15) is 11.1 Å². The second kappa shape index (κ2) is 8.94. The van der Waals surface area contributed by atoms with Crippen molar-refractivity contribution in [3.63, 3.8) is 0 Å². The van der Waals surface area contributed by atoms with Crippen molar-refractivity contribution in [2.75, 3.05) is 0 Å². The molecule has 0 aliphatic heterocycles. The minimum absolute atomic E-state index is 0.0452. The highest BCUT2D eigenvalue weighted by Crippen LogP contribution is 2.12. The minimum Gasteiger partial charge on any atom is -0.258 e. The standard InChI is InChI=1S/C15H12N6O4S/c22-20(23)13-5-1-3-11(7-13)9-16-18-15(26)19-17-10-12-4-2-6-14(8-12)21(24)25/h1-10H,(H2,18,19,26)/b16-9+,17-10+. The largest absolute Gasteiger partial charge is 0.270 e. The lowest BCUT2D eigenvalue weighted by Crippen LogP contribution is -2.28. The normalized spacial score (nSPS) is 10.8. The Bertz CT molecular complexity index is 828. The molecule has 2 aromatic carbocycles. The van der Waals surface area contributed by atoms with Crippen molar-refractivity contribution in [1.29, 1.82) is 0 Å². The predicted molar refractivity (Wildman–Crippen MR) is 100 cm³/mol. The Labute approximate surface area is 152 Å². The van der Waals surface area contributed by atoms with Gasteiger partial charge in [-0.3, -0.25) is 31.1 Å². The zero-order valence-corrected chi connectivity index (χ0v) is 13.9. The van der Waals surface area contributed by atoms with E-state index in [4.69, 9.17) is 12.2 Å². The summed E-state index contributed by atoms with van der Waals surface area (Å²) in [6.45, 7) is 0. The van der Waals surface area contributed by atoms with Crippen LogP contribution in [0.4, 0.5) is 11.4 Å². The summed E-state index contributed by atoms with van der Waals surface area (Å²) in [6, 6.07) is 11.9. The fourth-order valence-electron chi connectivity index (χ4n) is 1.79. The molecule has 0 heterocycles. The van der Waals surface area contributed by atoms with Crippen molar-refractivity contribution in [2.45, 2.75) is 0 Å². The van der Waals surface area contributed by atoms with Gasteiger partial charge in [0.2, 0.25) is 5.11 Å². The Kier molecular flexibility index (Phi) is 6.40. The lowest BCUT2D eigenvalue weighted by Gasteiger charge is -2.01. The molecule has 0 fully saturated rings. The van der Waals surface area contributed by atoms with Gasteiger partial charge in [0.25, 0.3) is 11.4 Å². The molecular formula is C15H12N6O4S. The molecule has 0 saturated heterocycles. The molecule has 26 heavy (non-hydrogen) atoms. The third-order valence-electron chi connectivity index (χ3n) is 2.92. The summed E-state index contributed by atoms with van der Waals surface area (Å²) < 4.78 is 0. The second-order valence-corrected chi connectivity index (χ2v) is 5.18. The van der Waals surface area contributed by atoms with Gasteiger partial charge < -0.3 is 0 Å². The van der Waals surface area contributed by atoms with E-state index in [-0.39, 0.29) is 16.5 Å². The zero-order valence-electron chi connectivity index (χ0n) is 13.1. The number of rotatable bonds is 6. The molecule has 0 unspecified atom stereocenters. The summed E-state index contributed by atoms with van der Waals surface area (Å²) in [4.78, 5) is 20.4. The van der Waals surface area contributed by atoms with E-state index in [1.54, 1.807) is 24.3 Å². The molecule has 0 aliphatic carbocycles. The van der Waals surface area contributed by atoms with E-state index in [1.807, 2.05) is 0 Å². The average Bonchev–Trinajstić information content (AvgIpc) is 2.62. The minimum atomic E-state index is -0.500. The van der Waals surface area contributed by atoms with Crippen LogP contribution in [0.25, 0.3) is 0 Å². The van der Waals surface area contributed by atoms with Crippen molar-refractivity contribution in [1.82, 2.24) is 10.9 Å². The smallest absolute Gasteiger partial charge is 0.258 e. The van der Waals surface area contributed by atoms with Crippen LogP contribution >= 0.6 is 12.2 Å². The van der Waals surface area contributed by atoms with Crippen molar-refractivity contribution in [3.05, 3.63) is 79.9 Å². The summed E-state index contributed by atoms with van der Waals surface area (Å²) in [5.74, 6) is 0. The third-order valence-corrected chi connectivity index (χ3v) is 3.10. The molecule has 2 N–H and O–H groups in total. The van der Waals surface area contributed by atoms with Crippen LogP contribution in [0.15, 0.2) is 58.7 Å². The first-order chi connectivity index (χ1) is 12.5. The Hall–Kier alpha value is -3.73. The Morgan fingerprint density at radius 3 is 1.69 bits per heavy atom. The van der Waals surface area contributed by atoms with Crippen LogP contribution in [0.3, 0.4) is 0 Å². The number of nitro benzene ring substituents is 2. The SMILES string of the molecule is O=[N+]([O-])c1cccc(/C=N/NC(=S)N/N=C/c2cccc([N+](=O)[O-])c2)c1. The van der Waals surface area contributed by atoms with E-state index in [9.17, 15) is 20.2 Å². The van der Waals surface area contributed by atoms with Gasteiger partial charge in [-0.05, 0) is 12.2 Å². The van der Waals surface area contributed by atoms with Gasteiger partial charge in [0, 0.05) is 35.4 Å². The fourth-order valence-corrected chi connectivity index (χ4v) is 1.90. The molecule has 11 heteroatoms.